The molecule has 2 aromatic rings. The molecule has 0 saturated carbocycles. The van der Waals surface area contributed by atoms with Crippen LogP contribution in [0.4, 0.5) is 5.69 Å². The van der Waals surface area contributed by atoms with Crippen LogP contribution in [0.15, 0.2) is 48.5 Å². The lowest BCUT2D eigenvalue weighted by Crippen LogP contribution is -2.56. The molecule has 8 heteroatoms. The number of Topliss-reactive ketones (excluding diaryl/α,β-unsaturated/α-hetero) is 1. The first-order valence-electron chi connectivity index (χ1n) is 11.2. The van der Waals surface area contributed by atoms with Crippen molar-refractivity contribution in [3.05, 3.63) is 65.2 Å². The number of carbonyl (C=O) groups is 4. The molecule has 4 rings (SSSR count). The molecular formula is C26H28N2O5S. The highest BCUT2D eigenvalue weighted by atomic mass is 32.2. The summed E-state index contributed by atoms with van der Waals surface area (Å²) in [6, 6.07) is 13.6. The molecule has 7 nitrogen and oxygen atoms in total. The second-order valence-corrected chi connectivity index (χ2v) is 9.79. The highest BCUT2D eigenvalue weighted by Gasteiger charge is 2.68. The van der Waals surface area contributed by atoms with Gasteiger partial charge in [0.05, 0.1) is 24.6 Å². The Morgan fingerprint density at radius 2 is 1.85 bits per heavy atom. The number of rotatable bonds is 7. The van der Waals surface area contributed by atoms with Crippen LogP contribution in [-0.2, 0) is 19.1 Å². The number of imide groups is 1. The van der Waals surface area contributed by atoms with Gasteiger partial charge in [0.25, 0.3) is 0 Å². The highest BCUT2D eigenvalue weighted by Crippen LogP contribution is 2.52. The van der Waals surface area contributed by atoms with E-state index >= 15 is 0 Å². The molecule has 2 amide bonds. The number of thioether (sulfide) groups is 1. The predicted molar refractivity (Wildman–Crippen MR) is 131 cm³/mol. The second kappa shape index (κ2) is 9.35. The highest BCUT2D eigenvalue weighted by molar-refractivity contribution is 7.98. The van der Waals surface area contributed by atoms with E-state index in [1.165, 1.54) is 14.0 Å². The Morgan fingerprint density at radius 3 is 2.50 bits per heavy atom. The van der Waals surface area contributed by atoms with Gasteiger partial charge in [0, 0.05) is 11.6 Å². The summed E-state index contributed by atoms with van der Waals surface area (Å²) in [5.74, 6) is -2.65. The number of ketones is 1. The third-order valence-corrected chi connectivity index (χ3v) is 7.55. The van der Waals surface area contributed by atoms with Gasteiger partial charge in [-0.25, -0.2) is 4.90 Å². The summed E-state index contributed by atoms with van der Waals surface area (Å²) in [6.07, 6.45) is 2.27. The molecule has 34 heavy (non-hydrogen) atoms. The van der Waals surface area contributed by atoms with Gasteiger partial charge in [0.1, 0.15) is 5.54 Å². The molecule has 1 N–H and O–H groups in total. The minimum absolute atomic E-state index is 0.163. The van der Waals surface area contributed by atoms with Crippen molar-refractivity contribution in [3.8, 4) is 0 Å². The van der Waals surface area contributed by atoms with Crippen LogP contribution in [0, 0.1) is 18.8 Å². The zero-order chi connectivity index (χ0) is 24.6. The van der Waals surface area contributed by atoms with E-state index in [4.69, 9.17) is 4.74 Å². The van der Waals surface area contributed by atoms with Gasteiger partial charge in [-0.3, -0.25) is 24.5 Å². The molecule has 2 aromatic carbocycles. The molecule has 2 heterocycles. The van der Waals surface area contributed by atoms with E-state index in [0.717, 1.165) is 16.0 Å². The Labute approximate surface area is 203 Å². The maximum absolute atomic E-state index is 13.9. The van der Waals surface area contributed by atoms with E-state index < -0.39 is 35.3 Å². The molecule has 0 radical (unpaired) electrons. The number of fused-ring (bicyclic) bond motifs is 1. The zero-order valence-corrected chi connectivity index (χ0v) is 20.5. The van der Waals surface area contributed by atoms with Crippen molar-refractivity contribution in [2.75, 3.05) is 24.0 Å². The van der Waals surface area contributed by atoms with Gasteiger partial charge in [-0.05, 0) is 55.5 Å². The Hall–Kier alpha value is -2.97. The molecule has 0 aliphatic carbocycles. The number of nitrogens with zero attached hydrogens (tertiary/aromatic N) is 1. The number of esters is 1. The molecule has 0 spiro atoms. The van der Waals surface area contributed by atoms with Crippen LogP contribution < -0.4 is 10.2 Å². The lowest BCUT2D eigenvalue weighted by atomic mass is 9.77. The fraction of sp³-hybridized carbons (Fsp3) is 0.385. The summed E-state index contributed by atoms with van der Waals surface area (Å²) < 4.78 is 5.19. The Morgan fingerprint density at radius 1 is 1.12 bits per heavy atom. The number of carbonyl (C=O) groups excluding carboxylic acids is 4. The normalized spacial score (nSPS) is 26.0. The number of anilines is 1. The van der Waals surface area contributed by atoms with Crippen molar-refractivity contribution in [1.82, 2.24) is 5.32 Å². The van der Waals surface area contributed by atoms with Crippen LogP contribution in [0.1, 0.15) is 40.9 Å². The first kappa shape index (κ1) is 24.2. The summed E-state index contributed by atoms with van der Waals surface area (Å²) in [6.45, 7) is 3.38. The molecular weight excluding hydrogens is 452 g/mol. The third-order valence-electron chi connectivity index (χ3n) is 6.94. The first-order valence-corrected chi connectivity index (χ1v) is 12.6. The predicted octanol–water partition coefficient (Wildman–Crippen LogP) is 3.31. The Bertz CT molecular complexity index is 1170. The molecule has 0 aromatic heterocycles. The fourth-order valence-corrected chi connectivity index (χ4v) is 5.81. The number of hydrogen-bond acceptors (Lipinski definition) is 7. The number of methoxy groups -OCH3 is 1. The monoisotopic (exact) mass is 480 g/mol. The molecule has 2 aliphatic rings. The Balaban J connectivity index is 1.88. The topological polar surface area (TPSA) is 92.8 Å². The largest absolute Gasteiger partial charge is 0.468 e. The van der Waals surface area contributed by atoms with Gasteiger partial charge in [-0.15, -0.1) is 0 Å². The zero-order valence-electron chi connectivity index (χ0n) is 19.7. The molecule has 2 saturated heterocycles. The lowest BCUT2D eigenvalue weighted by molar-refractivity contribution is -0.152. The molecule has 0 unspecified atom stereocenters. The van der Waals surface area contributed by atoms with Crippen molar-refractivity contribution in [3.63, 3.8) is 0 Å². The summed E-state index contributed by atoms with van der Waals surface area (Å²) >= 11 is 1.56. The van der Waals surface area contributed by atoms with E-state index in [0.29, 0.717) is 23.4 Å². The summed E-state index contributed by atoms with van der Waals surface area (Å²) in [5.41, 5.74) is 1.23. The van der Waals surface area contributed by atoms with E-state index in [9.17, 15) is 19.2 Å². The second-order valence-electron chi connectivity index (χ2n) is 8.81. The van der Waals surface area contributed by atoms with E-state index in [2.05, 4.69) is 5.32 Å². The summed E-state index contributed by atoms with van der Waals surface area (Å²) in [7, 11) is 1.30. The van der Waals surface area contributed by atoms with Crippen molar-refractivity contribution < 1.29 is 23.9 Å². The van der Waals surface area contributed by atoms with Crippen LogP contribution in [0.3, 0.4) is 0 Å². The van der Waals surface area contributed by atoms with Crippen LogP contribution in [0.5, 0.6) is 0 Å². The number of nitrogens with one attached hydrogen (secondary N) is 1. The minimum Gasteiger partial charge on any atom is -0.468 e. The summed E-state index contributed by atoms with van der Waals surface area (Å²) in [4.78, 5) is 54.1. The van der Waals surface area contributed by atoms with E-state index in [-0.39, 0.29) is 11.7 Å². The number of hydrogen-bond donors (Lipinski definition) is 1. The van der Waals surface area contributed by atoms with Crippen LogP contribution in [0.25, 0.3) is 0 Å². The molecule has 2 aliphatic heterocycles. The molecule has 2 fully saturated rings. The average molecular weight is 481 g/mol. The van der Waals surface area contributed by atoms with Crippen LogP contribution in [-0.4, -0.2) is 48.2 Å². The Kier molecular flexibility index (Phi) is 6.64. The lowest BCUT2D eigenvalue weighted by Gasteiger charge is -2.32. The van der Waals surface area contributed by atoms with Gasteiger partial charge in [-0.1, -0.05) is 36.4 Å². The van der Waals surface area contributed by atoms with Crippen LogP contribution >= 0.6 is 11.8 Å². The van der Waals surface area contributed by atoms with Crippen LogP contribution in [0.2, 0.25) is 0 Å². The molecule has 0 bridgehead atoms. The average Bonchev–Trinajstić information content (AvgIpc) is 3.31. The van der Waals surface area contributed by atoms with Crippen molar-refractivity contribution in [1.29, 1.82) is 0 Å². The SMILES string of the molecule is COC(=O)[C@@]1(CCSC)N[C@H](c2ccccc2C)[C@H]2C(=O)N(c3cccc(C(C)=O)c3)C(=O)[C@H]21. The maximum Gasteiger partial charge on any atom is 0.326 e. The molecule has 178 valence electrons. The van der Waals surface area contributed by atoms with Gasteiger partial charge < -0.3 is 4.74 Å². The van der Waals surface area contributed by atoms with Crippen molar-refractivity contribution in [2.45, 2.75) is 31.8 Å². The number of amides is 2. The quantitative estimate of drug-likeness (QED) is 0.369. The summed E-state index contributed by atoms with van der Waals surface area (Å²) in [5, 5.41) is 3.40. The fourth-order valence-electron chi connectivity index (χ4n) is 5.29. The number of benzene rings is 2. The third kappa shape index (κ3) is 3.75. The van der Waals surface area contributed by atoms with Gasteiger partial charge in [0.15, 0.2) is 5.78 Å². The number of aryl methyl sites for hydroxylation is 1. The van der Waals surface area contributed by atoms with Gasteiger partial charge >= 0.3 is 5.97 Å². The van der Waals surface area contributed by atoms with E-state index in [1.807, 2.05) is 37.4 Å². The maximum atomic E-state index is 13.9. The minimum atomic E-state index is -1.34. The van der Waals surface area contributed by atoms with Gasteiger partial charge in [-0.2, -0.15) is 11.8 Å². The molecule has 4 atom stereocenters. The van der Waals surface area contributed by atoms with E-state index in [1.54, 1.807) is 36.0 Å². The smallest absolute Gasteiger partial charge is 0.326 e. The van der Waals surface area contributed by atoms with Gasteiger partial charge in [0.2, 0.25) is 11.8 Å². The first-order chi connectivity index (χ1) is 16.3. The van der Waals surface area contributed by atoms with Crippen molar-refractivity contribution in [2.24, 2.45) is 11.8 Å². The standard InChI is InChI=1S/C26H28N2O5S/c1-15-8-5-6-11-19(15)22-20-21(26(27-22,12-13-34-4)25(32)33-3)24(31)28(23(20)30)18-10-7-9-17(14-18)16(2)29/h5-11,14,20-22,27H,12-13H2,1-4H3/t20-,21-,22+,26-/m0/s1. The van der Waals surface area contributed by atoms with Crippen molar-refractivity contribution >= 4 is 41.0 Å². The number of ether oxygens (including phenoxy) is 1.